The molecule has 0 amide bonds. The first-order chi connectivity index (χ1) is 18.3. The number of benzene rings is 2. The Labute approximate surface area is 261 Å². The van der Waals surface area contributed by atoms with Gasteiger partial charge in [-0.1, -0.05) is 142 Å². The van der Waals surface area contributed by atoms with Crippen molar-refractivity contribution in [2.75, 3.05) is 35.8 Å². The van der Waals surface area contributed by atoms with Gasteiger partial charge in [0.05, 0.1) is 0 Å². The minimum absolute atomic E-state index is 0. The van der Waals surface area contributed by atoms with Gasteiger partial charge in [0.1, 0.15) is 0 Å². The average Bonchev–Trinajstić information content (AvgIpc) is 2.94. The number of hydrogen-bond acceptors (Lipinski definition) is 2. The summed E-state index contributed by atoms with van der Waals surface area (Å²) in [7, 11) is 0. The maximum Gasteiger partial charge on any atom is 0.0466 e. The van der Waals surface area contributed by atoms with Crippen molar-refractivity contribution in [3.8, 4) is 0 Å². The maximum atomic E-state index is 8.54. The lowest BCUT2D eigenvalue weighted by molar-refractivity contribution is 0.126. The molecule has 38 heavy (non-hydrogen) atoms. The standard InChI is InChI=1S/C16H25BrO.C10H14O.C6H12Br2.CH4/c17-13-7-1-2-8-14-18-15-9-6-12-16-10-4-3-5-11-16;11-9-5-4-8-10-6-2-1-3-7-10;7-5-3-1-2-4-6-8;/h3-5,10-11H,1-2,6-9,12-15H2;1-3,6-7,11H,4-5,8-9H2;1-6H2;1H4. The number of aliphatic hydroxyl groups is 1. The Balaban J connectivity index is 0. The van der Waals surface area contributed by atoms with E-state index >= 15 is 0 Å². The quantitative estimate of drug-likeness (QED) is 0.109. The predicted molar refractivity (Wildman–Crippen MR) is 182 cm³/mol. The molecule has 2 aromatic rings. The summed E-state index contributed by atoms with van der Waals surface area (Å²) in [5.74, 6) is 0. The molecule has 5 heteroatoms. The Morgan fingerprint density at radius 3 is 1.24 bits per heavy atom. The van der Waals surface area contributed by atoms with Crippen LogP contribution in [0.1, 0.15) is 95.6 Å². The maximum absolute atomic E-state index is 8.54. The Morgan fingerprint density at radius 2 is 0.842 bits per heavy atom. The third kappa shape index (κ3) is 30.3. The fourth-order valence-electron chi connectivity index (χ4n) is 3.56. The molecule has 0 radical (unpaired) electrons. The van der Waals surface area contributed by atoms with E-state index in [-0.39, 0.29) is 7.43 Å². The van der Waals surface area contributed by atoms with E-state index in [1.807, 2.05) is 18.2 Å². The molecule has 220 valence electrons. The van der Waals surface area contributed by atoms with E-state index in [4.69, 9.17) is 9.84 Å². The number of unbranched alkanes of at least 4 members (excludes halogenated alkanes) is 8. The van der Waals surface area contributed by atoms with Gasteiger partial charge in [0.25, 0.3) is 0 Å². The molecule has 2 rings (SSSR count). The van der Waals surface area contributed by atoms with Crippen molar-refractivity contribution >= 4 is 47.8 Å². The van der Waals surface area contributed by atoms with Crippen molar-refractivity contribution in [3.63, 3.8) is 0 Å². The number of aliphatic hydroxyl groups excluding tert-OH is 1. The fourth-order valence-corrected chi connectivity index (χ4v) is 4.75. The summed E-state index contributed by atoms with van der Waals surface area (Å²) in [4.78, 5) is 0. The summed E-state index contributed by atoms with van der Waals surface area (Å²) >= 11 is 10.2. The van der Waals surface area contributed by atoms with Gasteiger partial charge in [0, 0.05) is 35.8 Å². The molecule has 0 bridgehead atoms. The second-order valence-electron chi connectivity index (χ2n) is 9.12. The second-order valence-corrected chi connectivity index (χ2v) is 11.5. The van der Waals surface area contributed by atoms with Crippen molar-refractivity contribution in [2.24, 2.45) is 0 Å². The van der Waals surface area contributed by atoms with Crippen molar-refractivity contribution in [2.45, 2.75) is 97.3 Å². The Bertz CT molecular complexity index is 650. The molecule has 1 N–H and O–H groups in total. The Hall–Kier alpha value is -0.200. The van der Waals surface area contributed by atoms with Crippen LogP contribution in [0, 0.1) is 0 Å². The van der Waals surface area contributed by atoms with Gasteiger partial charge in [-0.2, -0.15) is 0 Å². The van der Waals surface area contributed by atoms with Crippen LogP contribution in [0.5, 0.6) is 0 Å². The topological polar surface area (TPSA) is 29.5 Å². The molecule has 0 heterocycles. The zero-order chi connectivity index (χ0) is 27.1. The van der Waals surface area contributed by atoms with Gasteiger partial charge in [-0.15, -0.1) is 0 Å². The predicted octanol–water partition coefficient (Wildman–Crippen LogP) is 11.0. The number of aryl methyl sites for hydroxylation is 2. The van der Waals surface area contributed by atoms with Crippen molar-refractivity contribution in [1.29, 1.82) is 0 Å². The van der Waals surface area contributed by atoms with Crippen molar-refractivity contribution < 1.29 is 9.84 Å². The monoisotopic (exact) mass is 720 g/mol. The molecule has 2 aromatic carbocycles. The van der Waals surface area contributed by atoms with E-state index in [0.717, 1.165) is 48.5 Å². The van der Waals surface area contributed by atoms with Gasteiger partial charge in [-0.05, 0) is 75.3 Å². The molecule has 0 atom stereocenters. The third-order valence-corrected chi connectivity index (χ3v) is 7.44. The summed E-state index contributed by atoms with van der Waals surface area (Å²) in [6.07, 6.45) is 17.2. The lowest BCUT2D eigenvalue weighted by Crippen LogP contribution is -1.98. The van der Waals surface area contributed by atoms with Crippen LogP contribution in [-0.2, 0) is 17.6 Å². The second kappa shape index (κ2) is 34.8. The number of alkyl halides is 3. The van der Waals surface area contributed by atoms with Crippen LogP contribution in [0.3, 0.4) is 0 Å². The molecular weight excluding hydrogens is 668 g/mol. The summed E-state index contributed by atoms with van der Waals surface area (Å²) in [5, 5.41) is 12.0. The van der Waals surface area contributed by atoms with Gasteiger partial charge >= 0.3 is 0 Å². The molecule has 0 saturated heterocycles. The molecule has 0 saturated carbocycles. The van der Waals surface area contributed by atoms with Crippen LogP contribution in [-0.4, -0.2) is 40.9 Å². The molecule has 0 aliphatic heterocycles. The van der Waals surface area contributed by atoms with Crippen molar-refractivity contribution in [3.05, 3.63) is 71.8 Å². The van der Waals surface area contributed by atoms with Crippen molar-refractivity contribution in [1.82, 2.24) is 0 Å². The molecule has 0 spiro atoms. The molecule has 0 aliphatic rings. The highest BCUT2D eigenvalue weighted by atomic mass is 79.9. The first-order valence-electron chi connectivity index (χ1n) is 14.2. The van der Waals surface area contributed by atoms with E-state index < -0.39 is 0 Å². The zero-order valence-electron chi connectivity index (χ0n) is 22.9. The van der Waals surface area contributed by atoms with Gasteiger partial charge in [0.2, 0.25) is 0 Å². The minimum atomic E-state index is 0. The highest BCUT2D eigenvalue weighted by molar-refractivity contribution is 9.09. The summed E-state index contributed by atoms with van der Waals surface area (Å²) < 4.78 is 5.64. The van der Waals surface area contributed by atoms with Crippen LogP contribution in [0.4, 0.5) is 0 Å². The normalized spacial score (nSPS) is 10.0. The van der Waals surface area contributed by atoms with E-state index in [2.05, 4.69) is 90.3 Å². The van der Waals surface area contributed by atoms with E-state index in [1.54, 1.807) is 0 Å². The average molecular weight is 724 g/mol. The van der Waals surface area contributed by atoms with E-state index in [1.165, 1.54) is 81.8 Å². The number of rotatable bonds is 20. The molecule has 0 fully saturated rings. The lowest BCUT2D eigenvalue weighted by atomic mass is 10.1. The van der Waals surface area contributed by atoms with Gasteiger partial charge in [-0.25, -0.2) is 0 Å². The summed E-state index contributed by atoms with van der Waals surface area (Å²) in [6, 6.07) is 21.1. The lowest BCUT2D eigenvalue weighted by Gasteiger charge is -2.04. The largest absolute Gasteiger partial charge is 0.396 e. The van der Waals surface area contributed by atoms with Gasteiger partial charge < -0.3 is 9.84 Å². The molecular formula is C33H55Br3O2. The van der Waals surface area contributed by atoms with E-state index in [9.17, 15) is 0 Å². The third-order valence-electron chi connectivity index (χ3n) is 5.75. The molecule has 2 nitrogen and oxygen atoms in total. The fraction of sp³-hybridized carbons (Fsp3) is 0.636. The number of halogens is 3. The van der Waals surface area contributed by atoms with Crippen LogP contribution in [0.2, 0.25) is 0 Å². The van der Waals surface area contributed by atoms with E-state index in [0.29, 0.717) is 6.61 Å². The molecule has 0 aliphatic carbocycles. The number of hydrogen-bond donors (Lipinski definition) is 1. The highest BCUT2D eigenvalue weighted by Crippen LogP contribution is 2.06. The van der Waals surface area contributed by atoms with Crippen LogP contribution in [0.25, 0.3) is 0 Å². The highest BCUT2D eigenvalue weighted by Gasteiger charge is 1.94. The first-order valence-corrected chi connectivity index (χ1v) is 17.6. The SMILES string of the molecule is BrCCCCCCBr.BrCCCCCCOCCCCc1ccccc1.C.OCCCCc1ccccc1. The first kappa shape index (κ1) is 39.9. The molecule has 0 aromatic heterocycles. The summed E-state index contributed by atoms with van der Waals surface area (Å²) in [5.41, 5.74) is 2.80. The smallest absolute Gasteiger partial charge is 0.0466 e. The number of ether oxygens (including phenoxy) is 1. The minimum Gasteiger partial charge on any atom is -0.396 e. The Morgan fingerprint density at radius 1 is 0.474 bits per heavy atom. The van der Waals surface area contributed by atoms with Crippen LogP contribution < -0.4 is 0 Å². The zero-order valence-corrected chi connectivity index (χ0v) is 27.7. The van der Waals surface area contributed by atoms with Gasteiger partial charge in [0.15, 0.2) is 0 Å². The summed E-state index contributed by atoms with van der Waals surface area (Å²) in [6.45, 7) is 2.17. The Kier molecular flexibility index (Phi) is 36.6. The van der Waals surface area contributed by atoms with Crippen LogP contribution >= 0.6 is 47.8 Å². The van der Waals surface area contributed by atoms with Gasteiger partial charge in [-0.3, -0.25) is 0 Å². The van der Waals surface area contributed by atoms with Crippen LogP contribution in [0.15, 0.2) is 60.7 Å². The molecule has 0 unspecified atom stereocenters.